The highest BCUT2D eigenvalue weighted by Crippen LogP contribution is 2.52. The summed E-state index contributed by atoms with van der Waals surface area (Å²) in [6.07, 6.45) is 5.42. The van der Waals surface area contributed by atoms with Crippen molar-refractivity contribution in [1.29, 1.82) is 0 Å². The summed E-state index contributed by atoms with van der Waals surface area (Å²) < 4.78 is 13.0. The van der Waals surface area contributed by atoms with Crippen LogP contribution in [-0.2, 0) is 24.0 Å². The van der Waals surface area contributed by atoms with Gasteiger partial charge in [0, 0.05) is 17.6 Å². The molecule has 5 heterocycles. The molecule has 3 aromatic heterocycles. The van der Waals surface area contributed by atoms with E-state index in [-0.39, 0.29) is 34.0 Å². The number of nitrogens with zero attached hydrogens (tertiary/aromatic N) is 6. The average Bonchev–Trinajstić information content (AvgIpc) is 3.63. The number of thioether (sulfide) groups is 1. The highest BCUT2D eigenvalue weighted by atomic mass is 32.2. The second-order valence-electron chi connectivity index (χ2n) is 11.2. The summed E-state index contributed by atoms with van der Waals surface area (Å²) in [5, 5.41) is 18.5. The maximum atomic E-state index is 14.0. The van der Waals surface area contributed by atoms with Crippen molar-refractivity contribution in [1.82, 2.24) is 24.1 Å². The Bertz CT molecular complexity index is 1740. The summed E-state index contributed by atoms with van der Waals surface area (Å²) in [6.45, 7) is 8.82. The van der Waals surface area contributed by atoms with E-state index >= 15 is 0 Å². The van der Waals surface area contributed by atoms with Gasteiger partial charge in [-0.1, -0.05) is 25.1 Å². The summed E-state index contributed by atoms with van der Waals surface area (Å²) in [5.74, 6) is -2.77. The van der Waals surface area contributed by atoms with E-state index in [4.69, 9.17) is 9.57 Å². The van der Waals surface area contributed by atoms with E-state index in [1.54, 1.807) is 38.5 Å². The van der Waals surface area contributed by atoms with Gasteiger partial charge in [-0.15, -0.1) is 11.8 Å². The number of hydrogen-bond acceptors (Lipinski definition) is 11. The number of pyridine rings is 1. The lowest BCUT2D eigenvalue weighted by molar-refractivity contribution is -0.510. The number of fused-ring (bicyclic) bond motifs is 2. The molecule has 2 aliphatic rings. The second kappa shape index (κ2) is 12.1. The number of aliphatic carboxylic acids is 1. The molecule has 1 fully saturated rings. The molecule has 1 unspecified atom stereocenters. The maximum absolute atomic E-state index is 14.0. The summed E-state index contributed by atoms with van der Waals surface area (Å²) in [5.41, 5.74) is -1.44. The van der Waals surface area contributed by atoms with Crippen molar-refractivity contribution in [3.8, 4) is 0 Å². The molecule has 0 aliphatic carbocycles. The highest BCUT2D eigenvalue weighted by Gasteiger charge is 2.66. The van der Waals surface area contributed by atoms with Crippen LogP contribution in [0.15, 0.2) is 47.6 Å². The van der Waals surface area contributed by atoms with Crippen molar-refractivity contribution < 1.29 is 38.3 Å². The molecule has 15 nitrogen and oxygen atoms in total. The third-order valence-corrected chi connectivity index (χ3v) is 9.59. The fourth-order valence-corrected chi connectivity index (χ4v) is 7.56. The number of hydrogen-bond donors (Lipinski definition) is 3. The number of aromatic nitrogens is 4. The summed E-state index contributed by atoms with van der Waals surface area (Å²) in [7, 11) is 1.24. The van der Waals surface area contributed by atoms with E-state index in [0.29, 0.717) is 12.1 Å². The lowest BCUT2D eigenvalue weighted by Crippen LogP contribution is -2.80. The smallest absolute Gasteiger partial charge is 0.414 e. The molecule has 5 rings (SSSR count). The third kappa shape index (κ3) is 5.72. The first-order chi connectivity index (χ1) is 21.3. The number of anilines is 1. The van der Waals surface area contributed by atoms with Gasteiger partial charge in [0.15, 0.2) is 11.4 Å². The predicted molar refractivity (Wildman–Crippen MR) is 165 cm³/mol. The van der Waals surface area contributed by atoms with Crippen LogP contribution in [0.2, 0.25) is 0 Å². The average molecular weight is 658 g/mol. The first-order valence-corrected chi connectivity index (χ1v) is 15.8. The van der Waals surface area contributed by atoms with Gasteiger partial charge in [0.2, 0.25) is 16.7 Å². The largest absolute Gasteiger partial charge is 0.476 e. The Balaban J connectivity index is 1.45. The van der Waals surface area contributed by atoms with Gasteiger partial charge in [-0.05, 0) is 39.7 Å². The molecular weight excluding hydrogens is 624 g/mol. The van der Waals surface area contributed by atoms with Crippen molar-refractivity contribution in [3.63, 3.8) is 0 Å². The zero-order valence-corrected chi connectivity index (χ0v) is 27.1. The number of carboxylic acid groups (broad SMARTS) is 1. The second-order valence-corrected chi connectivity index (χ2v) is 13.2. The Morgan fingerprint density at radius 2 is 1.98 bits per heavy atom. The molecule has 0 spiro atoms. The fraction of sp³-hybridized carbons (Fsp3) is 0.429. The van der Waals surface area contributed by atoms with Gasteiger partial charge in [0.25, 0.3) is 17.5 Å². The first-order valence-electron chi connectivity index (χ1n) is 14.1. The number of amides is 3. The molecule has 0 saturated carbocycles. The van der Waals surface area contributed by atoms with E-state index in [0.717, 1.165) is 17.2 Å². The van der Waals surface area contributed by atoms with E-state index < -0.39 is 40.4 Å². The molecule has 0 bridgehead atoms. The molecule has 0 radical (unpaired) electrons. The summed E-state index contributed by atoms with van der Waals surface area (Å²) in [6, 6.07) is 5.58. The molecule has 0 aromatic carbocycles. The molecule has 45 heavy (non-hydrogen) atoms. The van der Waals surface area contributed by atoms with Crippen molar-refractivity contribution in [2.24, 2.45) is 5.16 Å². The lowest BCUT2D eigenvalue weighted by Gasteiger charge is -2.57. The minimum absolute atomic E-state index is 0.0556. The van der Waals surface area contributed by atoms with Crippen LogP contribution >= 0.6 is 23.3 Å². The number of rotatable bonds is 9. The number of imidazole rings is 1. The maximum Gasteiger partial charge on any atom is 0.414 e. The van der Waals surface area contributed by atoms with E-state index in [2.05, 4.69) is 25.1 Å². The first kappa shape index (κ1) is 31.9. The van der Waals surface area contributed by atoms with Crippen LogP contribution in [0.4, 0.5) is 9.93 Å². The van der Waals surface area contributed by atoms with Crippen molar-refractivity contribution >= 4 is 69.4 Å². The molecule has 238 valence electrons. The van der Waals surface area contributed by atoms with Crippen LogP contribution < -0.4 is 15.0 Å². The Hall–Kier alpha value is -4.51. The number of carbonyl (C=O) groups excluding carboxylic acids is 3. The minimum Gasteiger partial charge on any atom is -0.476 e. The predicted octanol–water partition coefficient (Wildman–Crippen LogP) is 2.69. The number of ether oxygens (including phenoxy) is 1. The Morgan fingerprint density at radius 3 is 2.62 bits per heavy atom. The number of oxime groups is 1. The molecule has 2 aliphatic heterocycles. The van der Waals surface area contributed by atoms with Gasteiger partial charge < -0.3 is 20.0 Å². The molecule has 3 N–H and O–H groups in total. The molecule has 1 saturated heterocycles. The standard InChI is InChI=1S/C28H32N8O7S2/c1-7-15-18(35-14-13-34-12-10-9-11-16(34)35)19(22(38)39)36-23(40)28(8-2,24(36)44-15)31-21(37)17(32-42-6)20-29-25(45-33-20)30-26(41)43-27(3,4)5/h9-15,24H,7-8H2,1-6H3,(H2-,29,30,31,33,37,38,39,41)/p+1/b32-17-/t15?,24-,28+/m0/s1. The van der Waals surface area contributed by atoms with Gasteiger partial charge >= 0.3 is 12.1 Å². The van der Waals surface area contributed by atoms with Gasteiger partial charge in [0.1, 0.15) is 36.0 Å². The van der Waals surface area contributed by atoms with Crippen LogP contribution in [0, 0.1) is 0 Å². The topological polar surface area (TPSA) is 181 Å². The van der Waals surface area contributed by atoms with Crippen molar-refractivity contribution in [2.75, 3.05) is 12.4 Å². The molecule has 17 heteroatoms. The third-order valence-electron chi connectivity index (χ3n) is 7.20. The number of nitrogens with one attached hydrogen (secondary N) is 2. The molecule has 3 amide bonds. The van der Waals surface area contributed by atoms with Crippen LogP contribution in [0.1, 0.15) is 53.3 Å². The normalized spacial score (nSPS) is 21.7. The van der Waals surface area contributed by atoms with Crippen LogP contribution in [0.3, 0.4) is 0 Å². The Morgan fingerprint density at radius 1 is 1.22 bits per heavy atom. The quantitative estimate of drug-likeness (QED) is 0.134. The zero-order valence-electron chi connectivity index (χ0n) is 25.4. The van der Waals surface area contributed by atoms with Crippen LogP contribution in [0.25, 0.3) is 11.3 Å². The number of carboxylic acids is 1. The fourth-order valence-electron chi connectivity index (χ4n) is 5.27. The Labute approximate surface area is 266 Å². The van der Waals surface area contributed by atoms with Gasteiger partial charge in [-0.2, -0.15) is 13.9 Å². The van der Waals surface area contributed by atoms with Gasteiger partial charge in [-0.3, -0.25) is 19.8 Å². The van der Waals surface area contributed by atoms with E-state index in [9.17, 15) is 24.3 Å². The number of carbonyl (C=O) groups is 4. The lowest BCUT2D eigenvalue weighted by atomic mass is 9.83. The SMILES string of the molecule is CCC1S[C@@H]2N(C(=O)[C@@]2(CC)NC(=O)/C(=N\OC)c2nsc(NC(=O)OC(C)(C)C)n2)C(C(=O)O)=C1n1cc[n+]2ccccc12. The van der Waals surface area contributed by atoms with E-state index in [1.807, 2.05) is 41.9 Å². The van der Waals surface area contributed by atoms with E-state index in [1.165, 1.54) is 23.8 Å². The van der Waals surface area contributed by atoms with Crippen LogP contribution in [0.5, 0.6) is 0 Å². The monoisotopic (exact) mass is 657 g/mol. The summed E-state index contributed by atoms with van der Waals surface area (Å²) in [4.78, 5) is 62.9. The van der Waals surface area contributed by atoms with Gasteiger partial charge in [-0.25, -0.2) is 14.0 Å². The molecule has 3 aromatic rings. The zero-order chi connectivity index (χ0) is 32.7. The van der Waals surface area contributed by atoms with Gasteiger partial charge in [0.05, 0.1) is 11.4 Å². The molecular formula is C28H33N8O7S2+. The van der Waals surface area contributed by atoms with Crippen LogP contribution in [-0.4, -0.2) is 82.4 Å². The van der Waals surface area contributed by atoms with Crippen molar-refractivity contribution in [2.45, 2.75) is 69.2 Å². The summed E-state index contributed by atoms with van der Waals surface area (Å²) >= 11 is 2.21. The highest BCUT2D eigenvalue weighted by molar-refractivity contribution is 8.01. The Kier molecular flexibility index (Phi) is 8.59. The number of β-lactam (4-membered cyclic amide) rings is 1. The minimum atomic E-state index is -1.45. The van der Waals surface area contributed by atoms with Crippen molar-refractivity contribution in [3.05, 3.63) is 48.3 Å². The molecule has 3 atom stereocenters.